The molecule has 6 rings (SSSR count). The van der Waals surface area contributed by atoms with Gasteiger partial charge in [-0.1, -0.05) is 23.7 Å². The van der Waals surface area contributed by atoms with Crippen LogP contribution in [0.1, 0.15) is 57.9 Å². The fourth-order valence-corrected chi connectivity index (χ4v) is 6.29. The van der Waals surface area contributed by atoms with E-state index in [4.69, 9.17) is 26.2 Å². The smallest absolute Gasteiger partial charge is 0.365 e. The van der Waals surface area contributed by atoms with Crippen LogP contribution >= 0.6 is 22.9 Å². The first-order valence-electron chi connectivity index (χ1n) is 13.0. The third kappa shape index (κ3) is 5.05. The molecule has 7 nitrogen and oxygen atoms in total. The second kappa shape index (κ2) is 10.5. The highest BCUT2D eigenvalue weighted by Crippen LogP contribution is 2.49. The van der Waals surface area contributed by atoms with E-state index in [0.717, 1.165) is 66.2 Å². The number of thiazole rings is 1. The summed E-state index contributed by atoms with van der Waals surface area (Å²) in [6.07, 6.45) is 3.65. The van der Waals surface area contributed by atoms with E-state index in [1.165, 1.54) is 6.07 Å². The largest absolute Gasteiger partial charge is 0.476 e. The summed E-state index contributed by atoms with van der Waals surface area (Å²) in [6, 6.07) is 12.4. The van der Waals surface area contributed by atoms with Crippen LogP contribution in [-0.2, 0) is 12.3 Å². The third-order valence-corrected chi connectivity index (χ3v) is 8.67. The number of likely N-dealkylation sites (tertiary alicyclic amines) is 1. The number of hydrogen-bond acceptors (Lipinski definition) is 7. The van der Waals surface area contributed by atoms with Gasteiger partial charge < -0.3 is 14.6 Å². The molecule has 0 amide bonds. The van der Waals surface area contributed by atoms with E-state index in [0.29, 0.717) is 27.8 Å². The lowest BCUT2D eigenvalue weighted by atomic mass is 9.88. The van der Waals surface area contributed by atoms with Crippen molar-refractivity contribution < 1.29 is 23.8 Å². The van der Waals surface area contributed by atoms with Gasteiger partial charge in [-0.25, -0.2) is 14.2 Å². The lowest BCUT2D eigenvalue weighted by Crippen LogP contribution is -2.34. The summed E-state index contributed by atoms with van der Waals surface area (Å²) in [7, 11) is 0. The monoisotopic (exact) mass is 579 g/mol. The zero-order chi connectivity index (χ0) is 28.0. The molecular weight excluding hydrogens is 553 g/mol. The number of hydrogen-bond donors (Lipinski definition) is 1. The standard InChI is InChI=1S/C30H27ClFN3O4S/c1-17-12-19(25-16-40-28(34-25)29(36)37)14-33-24(17)15-35-10-8-18(9-11-35)21-4-3-5-26-27(21)39-30(2,38-26)22-7-6-20(31)13-23(22)32/h3-7,12-14,16,18H,8-11,15H2,1-2H3,(H,36,37)/t30-/m1/s1. The summed E-state index contributed by atoms with van der Waals surface area (Å²) < 4.78 is 27.2. The highest BCUT2D eigenvalue weighted by atomic mass is 35.5. The van der Waals surface area contributed by atoms with Crippen LogP contribution in [0.5, 0.6) is 11.5 Å². The normalized spacial score (nSPS) is 19.2. The number of pyridine rings is 1. The van der Waals surface area contributed by atoms with Crippen LogP contribution in [0.15, 0.2) is 54.0 Å². The second-order valence-corrected chi connectivity index (χ2v) is 11.6. The Bertz CT molecular complexity index is 1600. The fraction of sp³-hybridized carbons (Fsp3) is 0.300. The van der Waals surface area contributed by atoms with E-state index in [9.17, 15) is 9.18 Å². The summed E-state index contributed by atoms with van der Waals surface area (Å²) >= 11 is 7.06. The summed E-state index contributed by atoms with van der Waals surface area (Å²) in [5.74, 6) is -1.17. The maximum absolute atomic E-state index is 14.7. The molecule has 0 saturated carbocycles. The molecule has 1 fully saturated rings. The molecule has 4 aromatic rings. The predicted octanol–water partition coefficient (Wildman–Crippen LogP) is 7.03. The molecule has 1 atom stereocenters. The Hall–Kier alpha value is -3.53. The maximum atomic E-state index is 14.7. The maximum Gasteiger partial charge on any atom is 0.365 e. The number of rotatable bonds is 6. The van der Waals surface area contributed by atoms with E-state index < -0.39 is 17.6 Å². The molecule has 1 saturated heterocycles. The Morgan fingerprint density at radius 1 is 1.23 bits per heavy atom. The van der Waals surface area contributed by atoms with Crippen LogP contribution in [0.3, 0.4) is 0 Å². The molecule has 2 aromatic carbocycles. The Labute approximate surface area is 240 Å². The summed E-state index contributed by atoms with van der Waals surface area (Å²) in [5.41, 5.74) is 4.87. The molecule has 0 unspecified atom stereocenters. The van der Waals surface area contributed by atoms with E-state index in [2.05, 4.69) is 20.9 Å². The first-order chi connectivity index (χ1) is 19.2. The highest BCUT2D eigenvalue weighted by Gasteiger charge is 2.43. The van der Waals surface area contributed by atoms with Crippen LogP contribution in [0.2, 0.25) is 5.02 Å². The van der Waals surface area contributed by atoms with Crippen molar-refractivity contribution in [2.45, 2.75) is 44.9 Å². The van der Waals surface area contributed by atoms with Gasteiger partial charge in [0.2, 0.25) is 5.01 Å². The van der Waals surface area contributed by atoms with Crippen LogP contribution < -0.4 is 9.47 Å². The third-order valence-electron chi connectivity index (χ3n) is 7.60. The molecule has 0 radical (unpaired) electrons. The zero-order valence-corrected chi connectivity index (χ0v) is 23.6. The first-order valence-corrected chi connectivity index (χ1v) is 14.3. The Morgan fingerprint density at radius 2 is 2.02 bits per heavy atom. The van der Waals surface area contributed by atoms with Gasteiger partial charge in [0.25, 0.3) is 5.79 Å². The number of nitrogens with zero attached hydrogens (tertiary/aromatic N) is 3. The molecule has 2 aromatic heterocycles. The Balaban J connectivity index is 1.12. The van der Waals surface area contributed by atoms with E-state index in [-0.39, 0.29) is 10.9 Å². The summed E-state index contributed by atoms with van der Waals surface area (Å²) in [6.45, 7) is 6.28. The van der Waals surface area contributed by atoms with Gasteiger partial charge in [0.1, 0.15) is 5.82 Å². The van der Waals surface area contributed by atoms with Crippen molar-refractivity contribution in [1.29, 1.82) is 0 Å². The van der Waals surface area contributed by atoms with Crippen molar-refractivity contribution >= 4 is 28.9 Å². The second-order valence-electron chi connectivity index (χ2n) is 10.3. The van der Waals surface area contributed by atoms with E-state index in [1.54, 1.807) is 30.6 Å². The van der Waals surface area contributed by atoms with Gasteiger partial charge >= 0.3 is 5.97 Å². The molecule has 1 N–H and O–H groups in total. The van der Waals surface area contributed by atoms with Crippen molar-refractivity contribution in [3.63, 3.8) is 0 Å². The van der Waals surface area contributed by atoms with E-state index in [1.807, 2.05) is 25.1 Å². The van der Waals surface area contributed by atoms with Gasteiger partial charge in [-0.3, -0.25) is 9.88 Å². The lowest BCUT2D eigenvalue weighted by Gasteiger charge is -2.32. The van der Waals surface area contributed by atoms with Crippen molar-refractivity contribution in [2.75, 3.05) is 13.1 Å². The number of carbonyl (C=O) groups is 1. The molecular formula is C30H27ClFN3O4S. The quantitative estimate of drug-likeness (QED) is 0.262. The molecule has 40 heavy (non-hydrogen) atoms. The average molecular weight is 580 g/mol. The number of aromatic carboxylic acids is 1. The van der Waals surface area contributed by atoms with Crippen LogP contribution in [0.25, 0.3) is 11.3 Å². The van der Waals surface area contributed by atoms with Crippen molar-refractivity contribution in [3.05, 3.63) is 92.3 Å². The van der Waals surface area contributed by atoms with Crippen LogP contribution in [0.4, 0.5) is 4.39 Å². The number of halogens is 2. The number of ether oxygens (including phenoxy) is 2. The number of fused-ring (bicyclic) bond motifs is 1. The van der Waals surface area contributed by atoms with Crippen molar-refractivity contribution in [2.24, 2.45) is 0 Å². The number of piperidine rings is 1. The van der Waals surface area contributed by atoms with Crippen LogP contribution in [-0.4, -0.2) is 39.0 Å². The minimum Gasteiger partial charge on any atom is -0.476 e. The summed E-state index contributed by atoms with van der Waals surface area (Å²) in [5, 5.41) is 11.3. The van der Waals surface area contributed by atoms with Gasteiger partial charge in [-0.2, -0.15) is 0 Å². The molecule has 2 aliphatic rings. The molecule has 2 aliphatic heterocycles. The summed E-state index contributed by atoms with van der Waals surface area (Å²) in [4.78, 5) is 22.4. The Kier molecular flexibility index (Phi) is 6.98. The van der Waals surface area contributed by atoms with Gasteiger partial charge in [0.15, 0.2) is 11.5 Å². The van der Waals surface area contributed by atoms with Gasteiger partial charge in [-0.05, 0) is 74.7 Å². The van der Waals surface area contributed by atoms with Gasteiger partial charge in [-0.15, -0.1) is 11.3 Å². The van der Waals surface area contributed by atoms with Crippen molar-refractivity contribution in [3.8, 4) is 22.8 Å². The number of aromatic nitrogens is 2. The highest BCUT2D eigenvalue weighted by molar-refractivity contribution is 7.11. The zero-order valence-electron chi connectivity index (χ0n) is 22.0. The average Bonchev–Trinajstić information content (AvgIpc) is 3.55. The SMILES string of the molecule is Cc1cc(-c2csc(C(=O)O)n2)cnc1CN1CCC(c2cccc3c2O[C@](C)(c2ccc(Cl)cc2F)O3)CC1. The van der Waals surface area contributed by atoms with Gasteiger partial charge in [0.05, 0.1) is 17.0 Å². The van der Waals surface area contributed by atoms with Gasteiger partial charge in [0, 0.05) is 41.2 Å². The molecule has 0 spiro atoms. The predicted molar refractivity (Wildman–Crippen MR) is 151 cm³/mol. The number of aryl methyl sites for hydroxylation is 1. The first kappa shape index (κ1) is 26.7. The fourth-order valence-electron chi connectivity index (χ4n) is 5.46. The van der Waals surface area contributed by atoms with Crippen LogP contribution in [0, 0.1) is 12.7 Å². The number of carboxylic acids is 1. The minimum absolute atomic E-state index is 0.0717. The molecule has 206 valence electrons. The van der Waals surface area contributed by atoms with E-state index >= 15 is 0 Å². The Morgan fingerprint density at radius 3 is 2.73 bits per heavy atom. The number of benzene rings is 2. The molecule has 0 aliphatic carbocycles. The molecule has 4 heterocycles. The molecule has 10 heteroatoms. The lowest BCUT2D eigenvalue weighted by molar-refractivity contribution is -0.0712. The van der Waals surface area contributed by atoms with Crippen molar-refractivity contribution in [1.82, 2.24) is 14.9 Å². The molecule has 0 bridgehead atoms. The topological polar surface area (TPSA) is 84.8 Å². The minimum atomic E-state index is -1.27. The number of carboxylic acid groups (broad SMARTS) is 1. The number of para-hydroxylation sites is 1.